The Balaban J connectivity index is 2.16. The highest BCUT2D eigenvalue weighted by molar-refractivity contribution is 5.92. The first-order chi connectivity index (χ1) is 12.5. The molecule has 1 amide bonds. The van der Waals surface area contributed by atoms with Crippen molar-refractivity contribution < 1.29 is 33.1 Å². The molecule has 2 rings (SSSR count). The van der Waals surface area contributed by atoms with E-state index < -0.39 is 47.1 Å². The summed E-state index contributed by atoms with van der Waals surface area (Å²) in [5.41, 5.74) is -1.73. The van der Waals surface area contributed by atoms with Gasteiger partial charge >= 0.3 is 6.18 Å². The Bertz CT molecular complexity index is 835. The third kappa shape index (κ3) is 4.60. The molecule has 1 aromatic heterocycles. The number of rotatable bonds is 6. The van der Waals surface area contributed by atoms with Crippen molar-refractivity contribution in [2.45, 2.75) is 18.3 Å². The molecule has 1 heterocycles. The zero-order chi connectivity index (χ0) is 20.4. The first-order valence-corrected chi connectivity index (χ1v) is 7.50. The van der Waals surface area contributed by atoms with Crippen LogP contribution in [-0.4, -0.2) is 43.5 Å². The van der Waals surface area contributed by atoms with Gasteiger partial charge in [-0.3, -0.25) is 19.6 Å². The molecule has 12 heteroatoms. The average Bonchev–Trinajstić information content (AvgIpc) is 3.01. The van der Waals surface area contributed by atoms with Gasteiger partial charge in [0, 0.05) is 25.2 Å². The first-order valence-electron chi connectivity index (χ1n) is 7.50. The minimum Gasteiger partial charge on any atom is -0.394 e. The molecule has 146 valence electrons. The smallest absolute Gasteiger partial charge is 0.394 e. The molecule has 0 aliphatic heterocycles. The fourth-order valence-corrected chi connectivity index (χ4v) is 2.34. The number of nitrogens with zero attached hydrogens (tertiary/aromatic N) is 3. The number of nitro groups is 1. The third-order valence-corrected chi connectivity index (χ3v) is 3.74. The van der Waals surface area contributed by atoms with Crippen molar-refractivity contribution >= 4 is 11.6 Å². The topological polar surface area (TPSA) is 131 Å². The van der Waals surface area contributed by atoms with E-state index in [4.69, 9.17) is 0 Å². The summed E-state index contributed by atoms with van der Waals surface area (Å²) in [4.78, 5) is 22.1. The summed E-state index contributed by atoms with van der Waals surface area (Å²) in [7, 11) is 1.02. The molecule has 27 heavy (non-hydrogen) atoms. The number of halogens is 3. The quantitative estimate of drug-likeness (QED) is 0.503. The summed E-state index contributed by atoms with van der Waals surface area (Å²) in [6.45, 7) is -0.733. The van der Waals surface area contributed by atoms with E-state index in [0.717, 1.165) is 19.2 Å². The monoisotopic (exact) mass is 388 g/mol. The van der Waals surface area contributed by atoms with Crippen molar-refractivity contribution in [2.24, 2.45) is 7.05 Å². The predicted octanol–water partition coefficient (Wildman–Crippen LogP) is 1.17. The van der Waals surface area contributed by atoms with Gasteiger partial charge in [0.1, 0.15) is 11.8 Å². The van der Waals surface area contributed by atoms with E-state index >= 15 is 0 Å². The van der Waals surface area contributed by atoms with Gasteiger partial charge in [0.2, 0.25) is 0 Å². The van der Waals surface area contributed by atoms with Crippen molar-refractivity contribution in [1.82, 2.24) is 15.1 Å². The molecule has 3 N–H and O–H groups in total. The van der Waals surface area contributed by atoms with Crippen molar-refractivity contribution in [3.05, 3.63) is 57.4 Å². The van der Waals surface area contributed by atoms with Gasteiger partial charge in [-0.15, -0.1) is 0 Å². The number of carbonyl (C=O) groups is 1. The number of aromatic nitrogens is 2. The number of carbonyl (C=O) groups excluding carboxylic acids is 1. The predicted molar refractivity (Wildman–Crippen MR) is 84.6 cm³/mol. The van der Waals surface area contributed by atoms with Gasteiger partial charge in [-0.1, -0.05) is 0 Å². The van der Waals surface area contributed by atoms with Crippen LogP contribution in [0.25, 0.3) is 0 Å². The highest BCUT2D eigenvalue weighted by Crippen LogP contribution is 2.29. The van der Waals surface area contributed by atoms with Crippen LogP contribution in [0.1, 0.15) is 27.8 Å². The second-order valence-electron chi connectivity index (χ2n) is 5.59. The number of non-ortho nitro benzene ring substituents is 1. The number of aliphatic hydroxyl groups is 2. The van der Waals surface area contributed by atoms with Crippen LogP contribution in [0.5, 0.6) is 0 Å². The molecular formula is C15H15F3N4O5. The molecule has 0 fully saturated rings. The fraction of sp³-hybridized carbons (Fsp3) is 0.333. The van der Waals surface area contributed by atoms with Crippen LogP contribution in [0, 0.1) is 10.1 Å². The number of amides is 1. The summed E-state index contributed by atoms with van der Waals surface area (Å²) in [5, 5.41) is 35.9. The molecular weight excluding hydrogens is 373 g/mol. The largest absolute Gasteiger partial charge is 0.433 e. The molecule has 2 atom stereocenters. The Morgan fingerprint density at radius 2 is 1.96 bits per heavy atom. The normalized spacial score (nSPS) is 13.9. The zero-order valence-corrected chi connectivity index (χ0v) is 13.8. The average molecular weight is 388 g/mol. The van der Waals surface area contributed by atoms with Gasteiger partial charge in [-0.25, -0.2) is 0 Å². The van der Waals surface area contributed by atoms with Crippen molar-refractivity contribution in [1.29, 1.82) is 0 Å². The maximum absolute atomic E-state index is 12.8. The molecule has 0 bridgehead atoms. The Labute approximate surface area is 150 Å². The van der Waals surface area contributed by atoms with Gasteiger partial charge in [-0.05, 0) is 17.7 Å². The highest BCUT2D eigenvalue weighted by atomic mass is 19.4. The van der Waals surface area contributed by atoms with Crippen molar-refractivity contribution in [3.63, 3.8) is 0 Å². The van der Waals surface area contributed by atoms with Crippen LogP contribution in [0.3, 0.4) is 0 Å². The highest BCUT2D eigenvalue weighted by Gasteiger charge is 2.36. The summed E-state index contributed by atoms with van der Waals surface area (Å²) < 4.78 is 38.8. The molecule has 0 aliphatic carbocycles. The number of benzene rings is 1. The van der Waals surface area contributed by atoms with E-state index in [-0.39, 0.29) is 11.3 Å². The van der Waals surface area contributed by atoms with E-state index in [1.165, 1.54) is 12.1 Å². The number of aliphatic hydroxyl groups excluding tert-OH is 2. The summed E-state index contributed by atoms with van der Waals surface area (Å²) in [6.07, 6.45) is -6.15. The first kappa shape index (κ1) is 20.3. The van der Waals surface area contributed by atoms with Crippen LogP contribution >= 0.6 is 0 Å². The number of aryl methyl sites for hydroxylation is 1. The molecule has 2 unspecified atom stereocenters. The van der Waals surface area contributed by atoms with Gasteiger partial charge in [-0.2, -0.15) is 18.3 Å². The molecule has 2 aromatic rings. The summed E-state index contributed by atoms with van der Waals surface area (Å²) in [6, 6.07) is 4.00. The molecule has 1 aromatic carbocycles. The van der Waals surface area contributed by atoms with Gasteiger partial charge in [0.15, 0.2) is 5.69 Å². The van der Waals surface area contributed by atoms with Crippen LogP contribution in [0.15, 0.2) is 30.3 Å². The molecule has 9 nitrogen and oxygen atoms in total. The fourth-order valence-electron chi connectivity index (χ4n) is 2.34. The lowest BCUT2D eigenvalue weighted by molar-refractivity contribution is -0.384. The van der Waals surface area contributed by atoms with Gasteiger partial charge in [0.05, 0.1) is 17.6 Å². The lowest BCUT2D eigenvalue weighted by atomic mass is 10.0. The van der Waals surface area contributed by atoms with E-state index in [1.807, 2.05) is 0 Å². The van der Waals surface area contributed by atoms with Crippen LogP contribution in [0.4, 0.5) is 18.9 Å². The summed E-state index contributed by atoms with van der Waals surface area (Å²) in [5.74, 6) is -1.03. The molecule has 0 spiro atoms. The zero-order valence-electron chi connectivity index (χ0n) is 13.8. The number of hydrogen-bond donors (Lipinski definition) is 3. The molecule has 0 saturated heterocycles. The Hall–Kier alpha value is -2.99. The maximum atomic E-state index is 12.8. The van der Waals surface area contributed by atoms with E-state index in [0.29, 0.717) is 10.7 Å². The number of nitro benzene ring substituents is 1. The lowest BCUT2D eigenvalue weighted by Gasteiger charge is -2.22. The SMILES string of the molecule is Cn1nc(C(=O)NC(CO)C(O)c2ccc([N+](=O)[O-])cc2)cc1C(F)(F)F. The maximum Gasteiger partial charge on any atom is 0.433 e. The third-order valence-electron chi connectivity index (χ3n) is 3.74. The van der Waals surface area contributed by atoms with Crippen molar-refractivity contribution in [3.8, 4) is 0 Å². The van der Waals surface area contributed by atoms with Crippen LogP contribution in [-0.2, 0) is 13.2 Å². The van der Waals surface area contributed by atoms with E-state index in [9.17, 15) is 38.3 Å². The van der Waals surface area contributed by atoms with Crippen LogP contribution in [0.2, 0.25) is 0 Å². The Kier molecular flexibility index (Phi) is 5.81. The Morgan fingerprint density at radius 1 is 1.37 bits per heavy atom. The second-order valence-corrected chi connectivity index (χ2v) is 5.59. The second kappa shape index (κ2) is 7.72. The lowest BCUT2D eigenvalue weighted by Crippen LogP contribution is -2.42. The standard InChI is InChI=1S/C15H15F3N4O5/c1-21-12(15(16,17)18)6-10(20-21)14(25)19-11(7-23)13(24)8-2-4-9(5-3-8)22(26)27/h2-6,11,13,23-24H,7H2,1H3,(H,19,25). The number of alkyl halides is 3. The molecule has 0 aliphatic rings. The minimum absolute atomic E-state index is 0.164. The van der Waals surface area contributed by atoms with Gasteiger partial charge < -0.3 is 15.5 Å². The molecule has 0 radical (unpaired) electrons. The molecule has 0 saturated carbocycles. The van der Waals surface area contributed by atoms with Crippen LogP contribution < -0.4 is 5.32 Å². The summed E-state index contributed by atoms with van der Waals surface area (Å²) >= 11 is 0. The number of nitrogens with one attached hydrogen (secondary N) is 1. The van der Waals surface area contributed by atoms with Crippen molar-refractivity contribution in [2.75, 3.05) is 6.61 Å². The van der Waals surface area contributed by atoms with E-state index in [2.05, 4.69) is 10.4 Å². The minimum atomic E-state index is -4.70. The van der Waals surface area contributed by atoms with E-state index in [1.54, 1.807) is 0 Å². The number of hydrogen-bond acceptors (Lipinski definition) is 6. The van der Waals surface area contributed by atoms with Gasteiger partial charge in [0.25, 0.3) is 11.6 Å². The Morgan fingerprint density at radius 3 is 2.41 bits per heavy atom.